The minimum Gasteiger partial charge on any atom is -0.339 e. The summed E-state index contributed by atoms with van der Waals surface area (Å²) in [4.78, 5) is 4.44. The lowest BCUT2D eigenvalue weighted by Crippen LogP contribution is -2.28. The van der Waals surface area contributed by atoms with Gasteiger partial charge in [-0.05, 0) is 43.0 Å². The summed E-state index contributed by atoms with van der Waals surface area (Å²) in [7, 11) is 0. The Morgan fingerprint density at radius 3 is 2.40 bits per heavy atom. The Morgan fingerprint density at radius 1 is 1.25 bits per heavy atom. The predicted molar refractivity (Wildman–Crippen MR) is 83.4 cm³/mol. The lowest BCUT2D eigenvalue weighted by atomic mass is 10.0. The van der Waals surface area contributed by atoms with Crippen LogP contribution < -0.4 is 5.73 Å². The van der Waals surface area contributed by atoms with Gasteiger partial charge in [0.05, 0.1) is 0 Å². The van der Waals surface area contributed by atoms with Crippen LogP contribution >= 0.6 is 15.9 Å². The summed E-state index contributed by atoms with van der Waals surface area (Å²) >= 11 is 3.56. The first-order valence-corrected chi connectivity index (χ1v) is 7.53. The van der Waals surface area contributed by atoms with E-state index in [1.807, 2.05) is 12.1 Å². The first-order chi connectivity index (χ1) is 9.38. The van der Waals surface area contributed by atoms with Crippen LogP contribution in [0.4, 0.5) is 0 Å². The standard InChI is InChI=1S/C15H20BrN3O/c1-8(2)12(17)7-13-18-15(19-20-13)11-5-9(3)14(16)10(4)6-11/h5-6,8,12H,7,17H2,1-4H3. The second-order valence-electron chi connectivity index (χ2n) is 5.55. The fourth-order valence-electron chi connectivity index (χ4n) is 1.97. The zero-order chi connectivity index (χ0) is 14.9. The Balaban J connectivity index is 2.25. The molecule has 0 amide bonds. The molecule has 1 atom stereocenters. The predicted octanol–water partition coefficient (Wildman–Crippen LogP) is 3.64. The Labute approximate surface area is 127 Å². The third-order valence-corrected chi connectivity index (χ3v) is 4.68. The van der Waals surface area contributed by atoms with Crippen molar-refractivity contribution in [2.45, 2.75) is 40.2 Å². The number of benzene rings is 1. The van der Waals surface area contributed by atoms with Gasteiger partial charge in [0.2, 0.25) is 11.7 Å². The zero-order valence-corrected chi connectivity index (χ0v) is 13.9. The molecule has 4 nitrogen and oxygen atoms in total. The second kappa shape index (κ2) is 6.06. The lowest BCUT2D eigenvalue weighted by molar-refractivity contribution is 0.353. The Morgan fingerprint density at radius 2 is 1.85 bits per heavy atom. The fraction of sp³-hybridized carbons (Fsp3) is 0.467. The molecule has 2 N–H and O–H groups in total. The van der Waals surface area contributed by atoms with E-state index in [-0.39, 0.29) is 6.04 Å². The van der Waals surface area contributed by atoms with Crippen LogP contribution in [0.3, 0.4) is 0 Å². The highest BCUT2D eigenvalue weighted by atomic mass is 79.9. The second-order valence-corrected chi connectivity index (χ2v) is 6.34. The maximum Gasteiger partial charge on any atom is 0.228 e. The van der Waals surface area contributed by atoms with Crippen molar-refractivity contribution in [3.8, 4) is 11.4 Å². The molecular weight excluding hydrogens is 318 g/mol. The molecule has 1 unspecified atom stereocenters. The van der Waals surface area contributed by atoms with Crippen LogP contribution in [0.15, 0.2) is 21.1 Å². The van der Waals surface area contributed by atoms with Gasteiger partial charge in [-0.2, -0.15) is 4.98 Å². The molecule has 0 saturated carbocycles. The average molecular weight is 338 g/mol. The average Bonchev–Trinajstić information content (AvgIpc) is 2.83. The molecule has 0 fully saturated rings. The number of rotatable bonds is 4. The largest absolute Gasteiger partial charge is 0.339 e. The number of hydrogen-bond donors (Lipinski definition) is 1. The summed E-state index contributed by atoms with van der Waals surface area (Å²) in [5.41, 5.74) is 9.31. The Hall–Kier alpha value is -1.20. The van der Waals surface area contributed by atoms with Gasteiger partial charge in [0.15, 0.2) is 0 Å². The minimum absolute atomic E-state index is 0.0386. The molecule has 0 aliphatic rings. The topological polar surface area (TPSA) is 64.9 Å². The maximum absolute atomic E-state index is 6.03. The van der Waals surface area contributed by atoms with Gasteiger partial charge in [0.1, 0.15) is 0 Å². The van der Waals surface area contributed by atoms with Crippen molar-refractivity contribution in [1.29, 1.82) is 0 Å². The highest BCUT2D eigenvalue weighted by molar-refractivity contribution is 9.10. The normalized spacial score (nSPS) is 12.9. The van der Waals surface area contributed by atoms with Crippen LogP contribution in [0.5, 0.6) is 0 Å². The number of hydrogen-bond acceptors (Lipinski definition) is 4. The first kappa shape index (κ1) is 15.2. The highest BCUT2D eigenvalue weighted by Gasteiger charge is 2.15. The number of halogens is 1. The van der Waals surface area contributed by atoms with Crippen molar-refractivity contribution in [2.75, 3.05) is 0 Å². The van der Waals surface area contributed by atoms with Gasteiger partial charge >= 0.3 is 0 Å². The van der Waals surface area contributed by atoms with E-state index in [2.05, 4.69) is 53.8 Å². The van der Waals surface area contributed by atoms with Crippen LogP contribution in [0, 0.1) is 19.8 Å². The van der Waals surface area contributed by atoms with Crippen molar-refractivity contribution in [3.63, 3.8) is 0 Å². The molecular formula is C15H20BrN3O. The third kappa shape index (κ3) is 3.27. The van der Waals surface area contributed by atoms with Crippen molar-refractivity contribution < 1.29 is 4.52 Å². The van der Waals surface area contributed by atoms with E-state index in [9.17, 15) is 0 Å². The number of nitrogens with two attached hydrogens (primary N) is 1. The molecule has 1 heterocycles. The molecule has 0 radical (unpaired) electrons. The summed E-state index contributed by atoms with van der Waals surface area (Å²) in [6.45, 7) is 8.28. The zero-order valence-electron chi connectivity index (χ0n) is 12.3. The van der Waals surface area contributed by atoms with Crippen LogP contribution in [0.1, 0.15) is 30.9 Å². The van der Waals surface area contributed by atoms with Gasteiger partial charge < -0.3 is 10.3 Å². The fourth-order valence-corrected chi connectivity index (χ4v) is 2.20. The van der Waals surface area contributed by atoms with E-state index in [0.717, 1.165) is 21.2 Å². The summed E-state index contributed by atoms with van der Waals surface area (Å²) < 4.78 is 6.41. The van der Waals surface area contributed by atoms with Crippen molar-refractivity contribution >= 4 is 15.9 Å². The SMILES string of the molecule is Cc1cc(-c2noc(CC(N)C(C)C)n2)cc(C)c1Br. The molecule has 1 aromatic carbocycles. The van der Waals surface area contributed by atoms with Gasteiger partial charge in [0, 0.05) is 22.5 Å². The summed E-state index contributed by atoms with van der Waals surface area (Å²) in [6.07, 6.45) is 0.610. The van der Waals surface area contributed by atoms with Gasteiger partial charge in [0.25, 0.3) is 0 Å². The molecule has 0 aliphatic heterocycles. The summed E-state index contributed by atoms with van der Waals surface area (Å²) in [6, 6.07) is 4.14. The van der Waals surface area contributed by atoms with E-state index in [1.54, 1.807) is 0 Å². The van der Waals surface area contributed by atoms with Crippen LogP contribution in [-0.4, -0.2) is 16.2 Å². The van der Waals surface area contributed by atoms with Crippen molar-refractivity contribution in [1.82, 2.24) is 10.1 Å². The highest BCUT2D eigenvalue weighted by Crippen LogP contribution is 2.27. The van der Waals surface area contributed by atoms with E-state index < -0.39 is 0 Å². The van der Waals surface area contributed by atoms with Gasteiger partial charge in [-0.3, -0.25) is 0 Å². The molecule has 2 aromatic rings. The first-order valence-electron chi connectivity index (χ1n) is 6.73. The lowest BCUT2D eigenvalue weighted by Gasteiger charge is -2.11. The third-order valence-electron chi connectivity index (χ3n) is 3.43. The van der Waals surface area contributed by atoms with Gasteiger partial charge in [-0.1, -0.05) is 34.9 Å². The van der Waals surface area contributed by atoms with Crippen LogP contribution in [-0.2, 0) is 6.42 Å². The molecule has 1 aromatic heterocycles. The monoisotopic (exact) mass is 337 g/mol. The quantitative estimate of drug-likeness (QED) is 0.924. The van der Waals surface area contributed by atoms with Gasteiger partial charge in [-0.15, -0.1) is 0 Å². The number of aromatic nitrogens is 2. The molecule has 2 rings (SSSR count). The Bertz CT molecular complexity index is 584. The summed E-state index contributed by atoms with van der Waals surface area (Å²) in [5.74, 6) is 1.61. The molecule has 108 valence electrons. The summed E-state index contributed by atoms with van der Waals surface area (Å²) in [5, 5.41) is 4.05. The van der Waals surface area contributed by atoms with Crippen LogP contribution in [0.25, 0.3) is 11.4 Å². The molecule has 0 bridgehead atoms. The molecule has 0 saturated heterocycles. The van der Waals surface area contributed by atoms with E-state index in [0.29, 0.717) is 24.1 Å². The van der Waals surface area contributed by atoms with E-state index >= 15 is 0 Å². The van der Waals surface area contributed by atoms with Crippen molar-refractivity contribution in [2.24, 2.45) is 11.7 Å². The van der Waals surface area contributed by atoms with E-state index in [4.69, 9.17) is 10.3 Å². The van der Waals surface area contributed by atoms with Gasteiger partial charge in [-0.25, -0.2) is 0 Å². The van der Waals surface area contributed by atoms with Crippen molar-refractivity contribution in [3.05, 3.63) is 33.6 Å². The van der Waals surface area contributed by atoms with Crippen LogP contribution in [0.2, 0.25) is 0 Å². The molecule has 5 heteroatoms. The molecule has 0 spiro atoms. The maximum atomic E-state index is 6.03. The Kier molecular flexibility index (Phi) is 4.60. The molecule has 0 aliphatic carbocycles. The number of nitrogens with zero attached hydrogens (tertiary/aromatic N) is 2. The molecule has 20 heavy (non-hydrogen) atoms. The van der Waals surface area contributed by atoms with E-state index in [1.165, 1.54) is 0 Å². The number of aryl methyl sites for hydroxylation is 2. The smallest absolute Gasteiger partial charge is 0.228 e. The minimum atomic E-state index is 0.0386.